The summed E-state index contributed by atoms with van der Waals surface area (Å²) in [5, 5.41) is 12.1. The molecule has 0 saturated carbocycles. The molecule has 0 spiro atoms. The molecule has 0 amide bonds. The van der Waals surface area contributed by atoms with E-state index >= 15 is 0 Å². The van der Waals surface area contributed by atoms with Crippen LogP contribution in [0.5, 0.6) is 0 Å². The maximum atomic E-state index is 4.35. The summed E-state index contributed by atoms with van der Waals surface area (Å²) >= 11 is 0. The second kappa shape index (κ2) is 5.99. The third-order valence-electron chi connectivity index (χ3n) is 3.89. The molecule has 1 saturated heterocycles. The SMILES string of the molecule is c1ccc(-n2nnnc2N2CCN(c3cnccn3)CC2)cc1. The van der Waals surface area contributed by atoms with Crippen molar-refractivity contribution in [3.05, 3.63) is 48.9 Å². The van der Waals surface area contributed by atoms with Gasteiger partial charge in [0, 0.05) is 38.6 Å². The van der Waals surface area contributed by atoms with E-state index in [0.717, 1.165) is 43.6 Å². The highest BCUT2D eigenvalue weighted by Crippen LogP contribution is 2.18. The summed E-state index contributed by atoms with van der Waals surface area (Å²) in [6, 6.07) is 9.93. The van der Waals surface area contributed by atoms with E-state index in [1.807, 2.05) is 30.3 Å². The summed E-state index contributed by atoms with van der Waals surface area (Å²) in [7, 11) is 0. The van der Waals surface area contributed by atoms with Crippen molar-refractivity contribution in [3.63, 3.8) is 0 Å². The van der Waals surface area contributed by atoms with Gasteiger partial charge in [0.2, 0.25) is 5.95 Å². The molecule has 3 aromatic rings. The zero-order valence-corrected chi connectivity index (χ0v) is 12.5. The molecule has 4 rings (SSSR count). The molecule has 8 heteroatoms. The molecular formula is C15H16N8. The number of hydrogen-bond donors (Lipinski definition) is 0. The standard InChI is InChI=1S/C15H16N8/c1-2-4-13(5-3-1)23-15(18-19-20-23)22-10-8-21(9-11-22)14-12-16-6-7-17-14/h1-7,12H,8-11H2. The Morgan fingerprint density at radius 1 is 0.870 bits per heavy atom. The summed E-state index contributed by atoms with van der Waals surface area (Å²) in [6.07, 6.45) is 5.20. The first kappa shape index (κ1) is 13.6. The van der Waals surface area contributed by atoms with Crippen molar-refractivity contribution in [2.45, 2.75) is 0 Å². The van der Waals surface area contributed by atoms with Crippen molar-refractivity contribution in [3.8, 4) is 5.69 Å². The number of anilines is 2. The van der Waals surface area contributed by atoms with Gasteiger partial charge in [0.15, 0.2) is 0 Å². The monoisotopic (exact) mass is 308 g/mol. The minimum atomic E-state index is 0.773. The van der Waals surface area contributed by atoms with E-state index in [4.69, 9.17) is 0 Å². The second-order valence-corrected chi connectivity index (χ2v) is 5.26. The summed E-state index contributed by atoms with van der Waals surface area (Å²) in [5.74, 6) is 1.68. The molecule has 0 bridgehead atoms. The molecule has 1 fully saturated rings. The predicted molar refractivity (Wildman–Crippen MR) is 85.6 cm³/mol. The third kappa shape index (κ3) is 2.70. The summed E-state index contributed by atoms with van der Waals surface area (Å²) in [5.41, 5.74) is 0.962. The predicted octanol–water partition coefficient (Wildman–Crippen LogP) is 0.779. The number of rotatable bonds is 3. The first-order valence-electron chi connectivity index (χ1n) is 7.51. The molecule has 23 heavy (non-hydrogen) atoms. The zero-order valence-electron chi connectivity index (χ0n) is 12.5. The van der Waals surface area contributed by atoms with E-state index < -0.39 is 0 Å². The van der Waals surface area contributed by atoms with E-state index in [1.165, 1.54) is 0 Å². The molecule has 0 atom stereocenters. The number of piperazine rings is 1. The van der Waals surface area contributed by atoms with E-state index in [2.05, 4.69) is 35.3 Å². The van der Waals surface area contributed by atoms with Gasteiger partial charge in [0.05, 0.1) is 11.9 Å². The van der Waals surface area contributed by atoms with Crippen molar-refractivity contribution < 1.29 is 0 Å². The Morgan fingerprint density at radius 3 is 2.39 bits per heavy atom. The molecule has 0 aliphatic carbocycles. The third-order valence-corrected chi connectivity index (χ3v) is 3.89. The second-order valence-electron chi connectivity index (χ2n) is 5.26. The van der Waals surface area contributed by atoms with E-state index in [0.29, 0.717) is 0 Å². The van der Waals surface area contributed by atoms with Gasteiger partial charge in [0.25, 0.3) is 0 Å². The van der Waals surface area contributed by atoms with Crippen molar-refractivity contribution >= 4 is 11.8 Å². The van der Waals surface area contributed by atoms with Crippen LogP contribution in [0.25, 0.3) is 5.69 Å². The molecule has 0 N–H and O–H groups in total. The smallest absolute Gasteiger partial charge is 0.250 e. The lowest BCUT2D eigenvalue weighted by molar-refractivity contribution is 0.625. The van der Waals surface area contributed by atoms with Gasteiger partial charge < -0.3 is 9.80 Å². The Bertz CT molecular complexity index is 749. The van der Waals surface area contributed by atoms with Gasteiger partial charge in [-0.3, -0.25) is 4.98 Å². The maximum Gasteiger partial charge on any atom is 0.250 e. The average Bonchev–Trinajstić information content (AvgIpc) is 3.13. The van der Waals surface area contributed by atoms with Crippen molar-refractivity contribution in [1.29, 1.82) is 0 Å². The Morgan fingerprint density at radius 2 is 1.65 bits per heavy atom. The molecule has 2 aromatic heterocycles. The number of nitrogens with zero attached hydrogens (tertiary/aromatic N) is 8. The van der Waals surface area contributed by atoms with Gasteiger partial charge in [-0.25, -0.2) is 4.98 Å². The van der Waals surface area contributed by atoms with Crippen LogP contribution >= 0.6 is 0 Å². The number of aromatic nitrogens is 6. The first-order valence-corrected chi connectivity index (χ1v) is 7.51. The Kier molecular flexibility index (Phi) is 3.55. The van der Waals surface area contributed by atoms with Gasteiger partial charge >= 0.3 is 0 Å². The highest BCUT2D eigenvalue weighted by atomic mass is 15.6. The van der Waals surface area contributed by atoms with Crippen molar-refractivity contribution in [1.82, 2.24) is 30.2 Å². The van der Waals surface area contributed by atoms with E-state index in [1.54, 1.807) is 23.3 Å². The lowest BCUT2D eigenvalue weighted by Gasteiger charge is -2.35. The minimum Gasteiger partial charge on any atom is -0.352 e. The highest BCUT2D eigenvalue weighted by Gasteiger charge is 2.22. The molecule has 1 aliphatic heterocycles. The van der Waals surface area contributed by atoms with Crippen LogP contribution in [-0.2, 0) is 0 Å². The quantitative estimate of drug-likeness (QED) is 0.707. The number of hydrogen-bond acceptors (Lipinski definition) is 7. The molecule has 0 radical (unpaired) electrons. The van der Waals surface area contributed by atoms with Gasteiger partial charge in [-0.05, 0) is 22.6 Å². The van der Waals surface area contributed by atoms with Crippen LogP contribution in [0.4, 0.5) is 11.8 Å². The van der Waals surface area contributed by atoms with Crippen LogP contribution in [0.2, 0.25) is 0 Å². The van der Waals surface area contributed by atoms with Gasteiger partial charge in [-0.2, -0.15) is 4.68 Å². The van der Waals surface area contributed by atoms with Crippen LogP contribution in [-0.4, -0.2) is 56.4 Å². The van der Waals surface area contributed by atoms with Crippen LogP contribution in [0, 0.1) is 0 Å². The zero-order chi connectivity index (χ0) is 15.5. The van der Waals surface area contributed by atoms with Gasteiger partial charge in [-0.1, -0.05) is 23.3 Å². The summed E-state index contributed by atoms with van der Waals surface area (Å²) < 4.78 is 1.78. The lowest BCUT2D eigenvalue weighted by Crippen LogP contribution is -2.47. The number of tetrazole rings is 1. The average molecular weight is 308 g/mol. The topological polar surface area (TPSA) is 75.9 Å². The Balaban J connectivity index is 1.51. The van der Waals surface area contributed by atoms with Crippen molar-refractivity contribution in [2.24, 2.45) is 0 Å². The van der Waals surface area contributed by atoms with Crippen LogP contribution in [0.3, 0.4) is 0 Å². The van der Waals surface area contributed by atoms with Crippen molar-refractivity contribution in [2.75, 3.05) is 36.0 Å². The fourth-order valence-electron chi connectivity index (χ4n) is 2.71. The molecule has 8 nitrogen and oxygen atoms in total. The highest BCUT2D eigenvalue weighted by molar-refractivity contribution is 5.44. The van der Waals surface area contributed by atoms with Crippen LogP contribution < -0.4 is 9.80 Å². The summed E-state index contributed by atoms with van der Waals surface area (Å²) in [6.45, 7) is 3.40. The van der Waals surface area contributed by atoms with Crippen LogP contribution in [0.1, 0.15) is 0 Å². The Labute approximate surface area is 133 Å². The molecule has 1 aromatic carbocycles. The fourth-order valence-corrected chi connectivity index (χ4v) is 2.71. The fraction of sp³-hybridized carbons (Fsp3) is 0.267. The minimum absolute atomic E-state index is 0.773. The lowest BCUT2D eigenvalue weighted by atomic mass is 10.3. The van der Waals surface area contributed by atoms with E-state index in [9.17, 15) is 0 Å². The normalized spacial score (nSPS) is 15.0. The number of benzene rings is 1. The molecule has 116 valence electrons. The van der Waals surface area contributed by atoms with Gasteiger partial charge in [0.1, 0.15) is 5.82 Å². The van der Waals surface area contributed by atoms with E-state index in [-0.39, 0.29) is 0 Å². The maximum absolute atomic E-state index is 4.35. The summed E-state index contributed by atoms with van der Waals surface area (Å²) in [4.78, 5) is 12.9. The number of para-hydroxylation sites is 1. The molecule has 1 aliphatic rings. The largest absolute Gasteiger partial charge is 0.352 e. The first-order chi connectivity index (χ1) is 11.4. The van der Waals surface area contributed by atoms with Crippen LogP contribution in [0.15, 0.2) is 48.9 Å². The Hall–Kier alpha value is -3.03. The molecule has 0 unspecified atom stereocenters. The molecular weight excluding hydrogens is 292 g/mol. The molecule has 3 heterocycles. The van der Waals surface area contributed by atoms with Gasteiger partial charge in [-0.15, -0.1) is 0 Å².